The van der Waals surface area contributed by atoms with Gasteiger partial charge in [-0.1, -0.05) is 37.4 Å². The van der Waals surface area contributed by atoms with Gasteiger partial charge in [0.1, 0.15) is 11.5 Å². The van der Waals surface area contributed by atoms with E-state index in [-0.39, 0.29) is 0 Å². The van der Waals surface area contributed by atoms with Crippen LogP contribution in [0.1, 0.15) is 52.7 Å². The highest BCUT2D eigenvalue weighted by atomic mass is 16.8. The molecule has 0 heterocycles. The van der Waals surface area contributed by atoms with Gasteiger partial charge in [-0.3, -0.25) is 0 Å². The quantitative estimate of drug-likeness (QED) is 0.181. The summed E-state index contributed by atoms with van der Waals surface area (Å²) in [5, 5.41) is 0. The second-order valence-corrected chi connectivity index (χ2v) is 8.61. The van der Waals surface area contributed by atoms with Crippen LogP contribution >= 0.6 is 0 Å². The van der Waals surface area contributed by atoms with Crippen LogP contribution in [-0.4, -0.2) is 37.1 Å². The SMILES string of the molecule is C=C(C)C(=O)OC(C)OC(C)Oc1ccc(Cc2ccc(OC(C)OC(C)OC(=O)C(=C)C)cc2)cc1. The minimum atomic E-state index is -0.762. The fraction of sp³-hybridized carbons (Fsp3) is 0.379. The van der Waals surface area contributed by atoms with Gasteiger partial charge in [0.25, 0.3) is 0 Å². The van der Waals surface area contributed by atoms with Gasteiger partial charge in [-0.15, -0.1) is 0 Å². The topological polar surface area (TPSA) is 89.5 Å². The number of hydrogen-bond donors (Lipinski definition) is 0. The summed E-state index contributed by atoms with van der Waals surface area (Å²) in [5.41, 5.74) is 2.81. The summed E-state index contributed by atoms with van der Waals surface area (Å²) in [4.78, 5) is 23.1. The molecule has 0 spiro atoms. The normalized spacial score (nSPS) is 14.0. The van der Waals surface area contributed by atoms with E-state index in [1.807, 2.05) is 48.5 Å². The molecule has 2 aromatic carbocycles. The number of ether oxygens (including phenoxy) is 6. The van der Waals surface area contributed by atoms with Crippen LogP contribution in [0.5, 0.6) is 11.5 Å². The highest BCUT2D eigenvalue weighted by Gasteiger charge is 2.16. The van der Waals surface area contributed by atoms with Crippen molar-refractivity contribution in [3.05, 3.63) is 84.0 Å². The Hall–Kier alpha value is -3.62. The van der Waals surface area contributed by atoms with E-state index in [0.29, 0.717) is 22.6 Å². The lowest BCUT2D eigenvalue weighted by molar-refractivity contribution is -0.206. The lowest BCUT2D eigenvalue weighted by Crippen LogP contribution is -2.26. The van der Waals surface area contributed by atoms with Crippen molar-refractivity contribution in [2.45, 2.75) is 73.1 Å². The van der Waals surface area contributed by atoms with E-state index in [9.17, 15) is 9.59 Å². The Balaban J connectivity index is 1.81. The smallest absolute Gasteiger partial charge is 0.335 e. The molecule has 0 bridgehead atoms. The van der Waals surface area contributed by atoms with E-state index >= 15 is 0 Å². The van der Waals surface area contributed by atoms with Gasteiger partial charge in [-0.2, -0.15) is 0 Å². The van der Waals surface area contributed by atoms with E-state index in [1.54, 1.807) is 41.5 Å². The van der Waals surface area contributed by atoms with Crippen LogP contribution in [0.2, 0.25) is 0 Å². The molecule has 37 heavy (non-hydrogen) atoms. The summed E-state index contributed by atoms with van der Waals surface area (Å²) in [6.07, 6.45) is -2.02. The van der Waals surface area contributed by atoms with Gasteiger partial charge in [-0.05, 0) is 83.4 Å². The van der Waals surface area contributed by atoms with Gasteiger partial charge in [-0.25, -0.2) is 9.59 Å². The maximum Gasteiger partial charge on any atom is 0.335 e. The Labute approximate surface area is 218 Å². The van der Waals surface area contributed by atoms with E-state index in [0.717, 1.165) is 17.5 Å². The Bertz CT molecular complexity index is 973. The number of esters is 2. The minimum Gasteiger partial charge on any atom is -0.465 e. The summed E-state index contributed by atoms with van der Waals surface area (Å²) in [6, 6.07) is 15.3. The molecule has 0 saturated heterocycles. The lowest BCUT2D eigenvalue weighted by atomic mass is 10.0. The Morgan fingerprint density at radius 1 is 0.622 bits per heavy atom. The molecule has 4 unspecified atom stereocenters. The van der Waals surface area contributed by atoms with Gasteiger partial charge >= 0.3 is 11.9 Å². The largest absolute Gasteiger partial charge is 0.465 e. The summed E-state index contributed by atoms with van der Waals surface area (Å²) in [6.45, 7) is 16.9. The van der Waals surface area contributed by atoms with Crippen molar-refractivity contribution < 1.29 is 38.0 Å². The third kappa shape index (κ3) is 10.9. The minimum absolute atomic E-state index is 0.304. The first-order valence-corrected chi connectivity index (χ1v) is 12.0. The van der Waals surface area contributed by atoms with Crippen molar-refractivity contribution in [3.63, 3.8) is 0 Å². The van der Waals surface area contributed by atoms with Crippen molar-refractivity contribution >= 4 is 11.9 Å². The lowest BCUT2D eigenvalue weighted by Gasteiger charge is -2.20. The highest BCUT2D eigenvalue weighted by molar-refractivity contribution is 5.87. The summed E-state index contributed by atoms with van der Waals surface area (Å²) in [7, 11) is 0. The molecule has 0 amide bonds. The van der Waals surface area contributed by atoms with Gasteiger partial charge in [0, 0.05) is 11.1 Å². The zero-order chi connectivity index (χ0) is 27.5. The first-order chi connectivity index (χ1) is 17.4. The Morgan fingerprint density at radius 3 is 1.24 bits per heavy atom. The van der Waals surface area contributed by atoms with E-state index in [1.165, 1.54) is 0 Å². The number of rotatable bonds is 14. The molecule has 0 aliphatic carbocycles. The van der Waals surface area contributed by atoms with Crippen LogP contribution in [-0.2, 0) is 35.0 Å². The second kappa shape index (κ2) is 14.2. The second-order valence-electron chi connectivity index (χ2n) is 8.61. The van der Waals surface area contributed by atoms with Crippen molar-refractivity contribution in [1.29, 1.82) is 0 Å². The van der Waals surface area contributed by atoms with E-state index in [4.69, 9.17) is 28.4 Å². The number of benzene rings is 2. The first-order valence-electron chi connectivity index (χ1n) is 12.0. The molecule has 200 valence electrons. The number of carbonyl (C=O) groups excluding carboxylic acids is 2. The van der Waals surface area contributed by atoms with Crippen LogP contribution in [0.25, 0.3) is 0 Å². The summed E-state index contributed by atoms with van der Waals surface area (Å²) in [5.74, 6) is 0.247. The average molecular weight is 513 g/mol. The van der Waals surface area contributed by atoms with Crippen molar-refractivity contribution in [1.82, 2.24) is 0 Å². The molecule has 0 aliphatic heterocycles. The van der Waals surface area contributed by atoms with Crippen LogP contribution in [0.4, 0.5) is 0 Å². The molecule has 0 aliphatic rings. The molecule has 0 saturated carbocycles. The predicted molar refractivity (Wildman–Crippen MR) is 139 cm³/mol. The van der Waals surface area contributed by atoms with Crippen LogP contribution in [0.3, 0.4) is 0 Å². The average Bonchev–Trinajstić information content (AvgIpc) is 2.81. The van der Waals surface area contributed by atoms with Crippen molar-refractivity contribution in [3.8, 4) is 11.5 Å². The maximum atomic E-state index is 11.6. The molecule has 2 aromatic rings. The van der Waals surface area contributed by atoms with Gasteiger partial charge in [0.2, 0.25) is 25.2 Å². The fourth-order valence-corrected chi connectivity index (χ4v) is 3.14. The molecule has 8 heteroatoms. The van der Waals surface area contributed by atoms with Crippen molar-refractivity contribution in [2.75, 3.05) is 0 Å². The predicted octanol–water partition coefficient (Wildman–Crippen LogP) is 5.69. The molecule has 0 aromatic heterocycles. The fourth-order valence-electron chi connectivity index (χ4n) is 3.14. The molecule has 4 atom stereocenters. The zero-order valence-electron chi connectivity index (χ0n) is 22.3. The molecular formula is C29H36O8. The monoisotopic (exact) mass is 512 g/mol. The molecular weight excluding hydrogens is 476 g/mol. The molecule has 0 N–H and O–H groups in total. The zero-order valence-corrected chi connectivity index (χ0v) is 22.3. The molecule has 0 fully saturated rings. The third-order valence-corrected chi connectivity index (χ3v) is 4.87. The standard InChI is InChI=1S/C29H36O8/c1-18(2)28(30)36-22(7)32-20(5)34-26-13-9-24(10-14-26)17-25-11-15-27(16-12-25)35-21(6)33-23(8)37-29(31)19(3)4/h9-16,20-23H,1,3,17H2,2,4-8H3. The van der Waals surface area contributed by atoms with Crippen LogP contribution in [0.15, 0.2) is 72.8 Å². The maximum absolute atomic E-state index is 11.6. The van der Waals surface area contributed by atoms with Gasteiger partial charge < -0.3 is 28.4 Å². The highest BCUT2D eigenvalue weighted by Crippen LogP contribution is 2.20. The Kier molecular flexibility index (Phi) is 11.4. The number of carbonyl (C=O) groups is 2. The third-order valence-electron chi connectivity index (χ3n) is 4.87. The van der Waals surface area contributed by atoms with Crippen LogP contribution < -0.4 is 9.47 Å². The van der Waals surface area contributed by atoms with E-state index in [2.05, 4.69) is 13.2 Å². The van der Waals surface area contributed by atoms with E-state index < -0.39 is 37.1 Å². The van der Waals surface area contributed by atoms with Crippen molar-refractivity contribution in [2.24, 2.45) is 0 Å². The van der Waals surface area contributed by atoms with Gasteiger partial charge in [0.05, 0.1) is 0 Å². The molecule has 8 nitrogen and oxygen atoms in total. The summed E-state index contributed by atoms with van der Waals surface area (Å²) >= 11 is 0. The van der Waals surface area contributed by atoms with Crippen LogP contribution in [0, 0.1) is 0 Å². The summed E-state index contributed by atoms with van der Waals surface area (Å²) < 4.78 is 32.8. The molecule has 2 rings (SSSR count). The van der Waals surface area contributed by atoms with Gasteiger partial charge in [0.15, 0.2) is 0 Å². The first kappa shape index (κ1) is 29.6. The molecule has 0 radical (unpaired) electrons. The Morgan fingerprint density at radius 2 is 0.946 bits per heavy atom. The number of hydrogen-bond acceptors (Lipinski definition) is 8.